The predicted molar refractivity (Wildman–Crippen MR) is 148 cm³/mol. The van der Waals surface area contributed by atoms with E-state index in [1.165, 1.54) is 11.8 Å². The molecular formula is C27H26N4O4S2. The van der Waals surface area contributed by atoms with Crippen LogP contribution in [0.3, 0.4) is 0 Å². The van der Waals surface area contributed by atoms with Crippen LogP contribution in [0.5, 0.6) is 11.5 Å². The summed E-state index contributed by atoms with van der Waals surface area (Å²) in [6.07, 6.45) is 7.90. The summed E-state index contributed by atoms with van der Waals surface area (Å²) in [5.74, 6) is 1.76. The molecule has 3 aliphatic rings. The highest BCUT2D eigenvalue weighted by atomic mass is 32.2. The van der Waals surface area contributed by atoms with E-state index in [9.17, 15) is 9.59 Å². The zero-order valence-electron chi connectivity index (χ0n) is 20.4. The Labute approximate surface area is 223 Å². The fraction of sp³-hybridized carbons (Fsp3) is 0.333. The normalized spacial score (nSPS) is 18.8. The van der Waals surface area contributed by atoms with E-state index in [2.05, 4.69) is 4.90 Å². The van der Waals surface area contributed by atoms with Gasteiger partial charge in [-0.1, -0.05) is 49.0 Å². The third-order valence-electron chi connectivity index (χ3n) is 6.82. The first kappa shape index (κ1) is 24.0. The van der Waals surface area contributed by atoms with Crippen LogP contribution in [0.2, 0.25) is 0 Å². The number of rotatable bonds is 4. The molecular weight excluding hydrogens is 508 g/mol. The molecule has 3 aliphatic heterocycles. The van der Waals surface area contributed by atoms with Crippen LogP contribution in [-0.4, -0.2) is 44.4 Å². The Kier molecular flexibility index (Phi) is 6.37. The van der Waals surface area contributed by atoms with Gasteiger partial charge in [0.1, 0.15) is 15.8 Å². The van der Waals surface area contributed by atoms with Gasteiger partial charge in [0, 0.05) is 19.3 Å². The van der Waals surface area contributed by atoms with Gasteiger partial charge in [-0.05, 0) is 55.2 Å². The smallest absolute Gasteiger partial charge is 0.267 e. The Bertz CT molecular complexity index is 1510. The largest absolute Gasteiger partial charge is 0.454 e. The van der Waals surface area contributed by atoms with Gasteiger partial charge in [0.2, 0.25) is 6.79 Å². The number of benzene rings is 1. The lowest BCUT2D eigenvalue weighted by Gasteiger charge is -2.23. The Balaban J connectivity index is 1.38. The van der Waals surface area contributed by atoms with Crippen LogP contribution >= 0.6 is 24.0 Å². The molecule has 5 heterocycles. The summed E-state index contributed by atoms with van der Waals surface area (Å²) in [6.45, 7) is 4.11. The second-order valence-corrected chi connectivity index (χ2v) is 11.1. The summed E-state index contributed by atoms with van der Waals surface area (Å²) in [4.78, 5) is 36.3. The maximum Gasteiger partial charge on any atom is 0.267 e. The highest BCUT2D eigenvalue weighted by Crippen LogP contribution is 2.37. The zero-order valence-corrected chi connectivity index (χ0v) is 22.1. The summed E-state index contributed by atoms with van der Waals surface area (Å²) in [6, 6.07) is 9.42. The number of thiocarbonyl (C=S) groups is 1. The molecule has 2 saturated heterocycles. The van der Waals surface area contributed by atoms with Gasteiger partial charge in [-0.15, -0.1) is 0 Å². The van der Waals surface area contributed by atoms with E-state index in [0.29, 0.717) is 44.3 Å². The molecule has 0 atom stereocenters. The third-order valence-corrected chi connectivity index (χ3v) is 8.20. The second kappa shape index (κ2) is 9.83. The highest BCUT2D eigenvalue weighted by molar-refractivity contribution is 8.26. The van der Waals surface area contributed by atoms with Gasteiger partial charge >= 0.3 is 0 Å². The number of aromatic nitrogens is 2. The number of pyridine rings is 1. The van der Waals surface area contributed by atoms with Crippen molar-refractivity contribution < 1.29 is 14.3 Å². The molecule has 0 bridgehead atoms. The molecule has 190 valence electrons. The lowest BCUT2D eigenvalue weighted by atomic mass is 10.2. The first-order chi connectivity index (χ1) is 18.0. The number of amides is 1. The molecule has 37 heavy (non-hydrogen) atoms. The molecule has 0 N–H and O–H groups in total. The summed E-state index contributed by atoms with van der Waals surface area (Å²) in [5, 5.41) is 0. The van der Waals surface area contributed by atoms with Crippen molar-refractivity contribution in [1.82, 2.24) is 14.3 Å². The number of nitrogens with zero attached hydrogens (tertiary/aromatic N) is 4. The Morgan fingerprint density at radius 1 is 1.05 bits per heavy atom. The molecule has 0 radical (unpaired) electrons. The standard InChI is InChI=1S/C27H26N4O4S2/c1-17-6-9-23-28-24(29-10-4-2-3-5-11-29)19(25(32)30(23)14-17)13-22-26(33)31(27(36)37-22)15-18-7-8-20-21(12-18)35-16-34-20/h6-9,12-14H,2-5,10-11,15-16H2,1H3/b22-13+. The number of thioether (sulfide) groups is 1. The predicted octanol–water partition coefficient (Wildman–Crippen LogP) is 4.51. The molecule has 0 spiro atoms. The third kappa shape index (κ3) is 4.59. The molecule has 10 heteroatoms. The Hall–Kier alpha value is -3.37. The first-order valence-electron chi connectivity index (χ1n) is 12.4. The molecule has 0 saturated carbocycles. The summed E-state index contributed by atoms with van der Waals surface area (Å²) in [5.41, 5.74) is 2.68. The molecule has 3 aromatic rings. The van der Waals surface area contributed by atoms with Crippen LogP contribution in [0.1, 0.15) is 42.4 Å². The van der Waals surface area contributed by atoms with Crippen molar-refractivity contribution in [2.24, 2.45) is 0 Å². The molecule has 8 nitrogen and oxygen atoms in total. The molecule has 1 amide bonds. The Morgan fingerprint density at radius 3 is 2.65 bits per heavy atom. The number of anilines is 1. The minimum atomic E-state index is -0.219. The lowest BCUT2D eigenvalue weighted by molar-refractivity contribution is -0.122. The van der Waals surface area contributed by atoms with Crippen LogP contribution in [0.4, 0.5) is 5.82 Å². The van der Waals surface area contributed by atoms with Gasteiger partial charge in [0.15, 0.2) is 11.5 Å². The molecule has 1 aromatic carbocycles. The van der Waals surface area contributed by atoms with Crippen molar-refractivity contribution in [3.8, 4) is 11.5 Å². The maximum atomic E-state index is 13.7. The number of fused-ring (bicyclic) bond motifs is 2. The van der Waals surface area contributed by atoms with Crippen LogP contribution in [0, 0.1) is 6.92 Å². The summed E-state index contributed by atoms with van der Waals surface area (Å²) < 4.78 is 12.9. The van der Waals surface area contributed by atoms with Crippen molar-refractivity contribution >= 4 is 51.7 Å². The number of aryl methyl sites for hydroxylation is 1. The van der Waals surface area contributed by atoms with E-state index in [0.717, 1.165) is 49.9 Å². The van der Waals surface area contributed by atoms with Gasteiger partial charge in [-0.2, -0.15) is 0 Å². The molecule has 0 aliphatic carbocycles. The SMILES string of the molecule is Cc1ccc2nc(N3CCCCCC3)c(/C=C3/SC(=S)N(Cc4ccc5c(c4)OCO5)C3=O)c(=O)n2c1. The monoisotopic (exact) mass is 534 g/mol. The van der Waals surface area contributed by atoms with Gasteiger partial charge in [-0.25, -0.2) is 4.98 Å². The van der Waals surface area contributed by atoms with Crippen molar-refractivity contribution in [1.29, 1.82) is 0 Å². The second-order valence-electron chi connectivity index (χ2n) is 9.45. The lowest BCUT2D eigenvalue weighted by Crippen LogP contribution is -2.30. The van der Waals surface area contributed by atoms with Gasteiger partial charge in [-0.3, -0.25) is 18.9 Å². The van der Waals surface area contributed by atoms with E-state index in [4.69, 9.17) is 26.7 Å². The number of carbonyl (C=O) groups excluding carboxylic acids is 1. The van der Waals surface area contributed by atoms with Crippen molar-refractivity contribution in [3.05, 3.63) is 68.5 Å². The van der Waals surface area contributed by atoms with Crippen molar-refractivity contribution in [3.63, 3.8) is 0 Å². The van der Waals surface area contributed by atoms with E-state index in [1.807, 2.05) is 37.3 Å². The Morgan fingerprint density at radius 2 is 1.84 bits per heavy atom. The average Bonchev–Trinajstić information content (AvgIpc) is 3.33. The van der Waals surface area contributed by atoms with Crippen molar-refractivity contribution in [2.75, 3.05) is 24.8 Å². The number of hydrogen-bond donors (Lipinski definition) is 0. The van der Waals surface area contributed by atoms with E-state index in [1.54, 1.807) is 21.6 Å². The summed E-state index contributed by atoms with van der Waals surface area (Å²) in [7, 11) is 0. The van der Waals surface area contributed by atoms with Crippen molar-refractivity contribution in [2.45, 2.75) is 39.2 Å². The number of carbonyl (C=O) groups is 1. The first-order valence-corrected chi connectivity index (χ1v) is 13.6. The number of ether oxygens (including phenoxy) is 2. The summed E-state index contributed by atoms with van der Waals surface area (Å²) >= 11 is 6.79. The molecule has 0 unspecified atom stereocenters. The minimum Gasteiger partial charge on any atom is -0.454 e. The van der Waals surface area contributed by atoms with E-state index < -0.39 is 0 Å². The van der Waals surface area contributed by atoms with E-state index in [-0.39, 0.29) is 18.3 Å². The van der Waals surface area contributed by atoms with E-state index >= 15 is 0 Å². The minimum absolute atomic E-state index is 0.186. The molecule has 2 aromatic heterocycles. The fourth-order valence-electron chi connectivity index (χ4n) is 4.89. The molecule has 2 fully saturated rings. The van der Waals surface area contributed by atoms with Crippen LogP contribution in [-0.2, 0) is 11.3 Å². The van der Waals surface area contributed by atoms with Crippen LogP contribution in [0.15, 0.2) is 46.2 Å². The number of hydrogen-bond acceptors (Lipinski definition) is 8. The quantitative estimate of drug-likeness (QED) is 0.358. The van der Waals surface area contributed by atoms with Crippen LogP contribution < -0.4 is 19.9 Å². The van der Waals surface area contributed by atoms with Crippen LogP contribution in [0.25, 0.3) is 11.7 Å². The van der Waals surface area contributed by atoms with Gasteiger partial charge in [0.25, 0.3) is 11.5 Å². The highest BCUT2D eigenvalue weighted by Gasteiger charge is 2.33. The fourth-order valence-corrected chi connectivity index (χ4v) is 6.12. The average molecular weight is 535 g/mol. The van der Waals surface area contributed by atoms with Gasteiger partial charge < -0.3 is 14.4 Å². The zero-order chi connectivity index (χ0) is 25.5. The topological polar surface area (TPSA) is 76.4 Å². The maximum absolute atomic E-state index is 13.7. The van der Waals surface area contributed by atoms with Gasteiger partial charge in [0.05, 0.1) is 17.0 Å². The molecule has 6 rings (SSSR count).